The van der Waals surface area contributed by atoms with Crippen LogP contribution in [0.4, 0.5) is 0 Å². The van der Waals surface area contributed by atoms with Gasteiger partial charge in [-0.05, 0) is 18.9 Å². The van der Waals surface area contributed by atoms with Gasteiger partial charge < -0.3 is 10.6 Å². The number of guanidine groups is 1. The van der Waals surface area contributed by atoms with Crippen molar-refractivity contribution < 1.29 is 4.21 Å². The molecule has 0 aliphatic rings. The van der Waals surface area contributed by atoms with Crippen molar-refractivity contribution in [3.05, 3.63) is 35.9 Å². The van der Waals surface area contributed by atoms with Crippen LogP contribution in [0.2, 0.25) is 0 Å². The van der Waals surface area contributed by atoms with Crippen LogP contribution in [0.1, 0.15) is 51.5 Å². The van der Waals surface area contributed by atoms with Gasteiger partial charge in [-0.1, -0.05) is 62.9 Å². The van der Waals surface area contributed by atoms with E-state index in [4.69, 9.17) is 0 Å². The van der Waals surface area contributed by atoms with Gasteiger partial charge in [0.15, 0.2) is 5.96 Å². The van der Waals surface area contributed by atoms with Crippen LogP contribution in [-0.4, -0.2) is 35.6 Å². The molecule has 2 unspecified atom stereocenters. The zero-order chi connectivity index (χ0) is 17.6. The number of halogens is 1. The first kappa shape index (κ1) is 24.4. The Hall–Kier alpha value is -0.630. The highest BCUT2D eigenvalue weighted by molar-refractivity contribution is 14.0. The van der Waals surface area contributed by atoms with E-state index < -0.39 is 10.8 Å². The van der Waals surface area contributed by atoms with Crippen molar-refractivity contribution in [2.75, 3.05) is 19.3 Å². The topological polar surface area (TPSA) is 53.5 Å². The molecule has 0 saturated carbocycles. The van der Waals surface area contributed by atoms with Crippen molar-refractivity contribution in [2.24, 2.45) is 4.99 Å². The summed E-state index contributed by atoms with van der Waals surface area (Å²) in [7, 11) is 0.923. The molecule has 6 heteroatoms. The summed E-state index contributed by atoms with van der Waals surface area (Å²) in [4.78, 5) is 4.25. The summed E-state index contributed by atoms with van der Waals surface area (Å²) in [6.07, 6.45) is 6.28. The summed E-state index contributed by atoms with van der Waals surface area (Å²) in [5.41, 5.74) is 1.12. The molecule has 0 spiro atoms. The zero-order valence-electron chi connectivity index (χ0n) is 15.8. The third-order valence-electron chi connectivity index (χ3n) is 3.89. The molecule has 0 aromatic heterocycles. The maximum absolute atomic E-state index is 12.1. The third-order valence-corrected chi connectivity index (χ3v) is 5.20. The minimum absolute atomic E-state index is 0. The van der Waals surface area contributed by atoms with Crippen molar-refractivity contribution in [2.45, 2.75) is 57.7 Å². The van der Waals surface area contributed by atoms with Gasteiger partial charge in [0, 0.05) is 41.9 Å². The van der Waals surface area contributed by atoms with E-state index in [1.54, 1.807) is 7.05 Å². The quantitative estimate of drug-likeness (QED) is 0.218. The number of rotatable bonds is 11. The Kier molecular flexibility index (Phi) is 15.2. The van der Waals surface area contributed by atoms with E-state index in [0.717, 1.165) is 17.9 Å². The Morgan fingerprint density at radius 3 is 2.56 bits per heavy atom. The lowest BCUT2D eigenvalue weighted by Gasteiger charge is -2.17. The number of hydrogen-bond acceptors (Lipinski definition) is 2. The van der Waals surface area contributed by atoms with E-state index >= 15 is 0 Å². The molecule has 1 aromatic rings. The molecule has 0 saturated heterocycles. The van der Waals surface area contributed by atoms with Gasteiger partial charge in [-0.15, -0.1) is 24.0 Å². The van der Waals surface area contributed by atoms with Crippen LogP contribution < -0.4 is 10.6 Å². The number of aliphatic imine (C=N–C) groups is 1. The smallest absolute Gasteiger partial charge is 0.191 e. The van der Waals surface area contributed by atoms with Crippen LogP contribution in [-0.2, 0) is 16.6 Å². The Bertz CT molecular complexity index is 497. The lowest BCUT2D eigenvalue weighted by Crippen LogP contribution is -2.43. The second-order valence-corrected chi connectivity index (χ2v) is 7.74. The molecule has 2 N–H and O–H groups in total. The summed E-state index contributed by atoms with van der Waals surface area (Å²) in [6.45, 7) is 5.09. The van der Waals surface area contributed by atoms with Crippen LogP contribution in [0.5, 0.6) is 0 Å². The number of nitrogens with zero attached hydrogens (tertiary/aromatic N) is 1. The van der Waals surface area contributed by atoms with E-state index in [1.165, 1.54) is 25.7 Å². The number of unbranched alkanes of at least 4 members (excludes halogenated alkanes) is 3. The third kappa shape index (κ3) is 12.4. The van der Waals surface area contributed by atoms with Gasteiger partial charge >= 0.3 is 0 Å². The van der Waals surface area contributed by atoms with E-state index in [0.29, 0.717) is 24.1 Å². The highest BCUT2D eigenvalue weighted by Gasteiger charge is 2.06. The molecule has 0 aliphatic carbocycles. The fourth-order valence-corrected chi connectivity index (χ4v) is 3.53. The van der Waals surface area contributed by atoms with Gasteiger partial charge in [-0.25, -0.2) is 0 Å². The van der Waals surface area contributed by atoms with Crippen molar-refractivity contribution in [1.82, 2.24) is 10.6 Å². The van der Waals surface area contributed by atoms with Gasteiger partial charge in [-0.2, -0.15) is 0 Å². The molecule has 0 amide bonds. The molecule has 0 radical (unpaired) electrons. The normalized spacial score (nSPS) is 13.6. The molecule has 1 rings (SSSR count). The van der Waals surface area contributed by atoms with Crippen molar-refractivity contribution in [1.29, 1.82) is 0 Å². The molecule has 0 bridgehead atoms. The van der Waals surface area contributed by atoms with Crippen LogP contribution in [0, 0.1) is 0 Å². The van der Waals surface area contributed by atoms with Crippen molar-refractivity contribution >= 4 is 40.7 Å². The van der Waals surface area contributed by atoms with Gasteiger partial charge in [0.05, 0.1) is 0 Å². The molecular weight excluding hydrogens is 445 g/mol. The van der Waals surface area contributed by atoms with Gasteiger partial charge in [-0.3, -0.25) is 9.20 Å². The Labute approximate surface area is 173 Å². The van der Waals surface area contributed by atoms with Crippen molar-refractivity contribution in [3.8, 4) is 0 Å². The minimum Gasteiger partial charge on any atom is -0.355 e. The van der Waals surface area contributed by atoms with Crippen LogP contribution in [0.15, 0.2) is 35.3 Å². The second kappa shape index (κ2) is 15.6. The zero-order valence-corrected chi connectivity index (χ0v) is 18.9. The predicted molar refractivity (Wildman–Crippen MR) is 121 cm³/mol. The molecule has 0 heterocycles. The molecule has 4 nitrogen and oxygen atoms in total. The molecule has 1 aromatic carbocycles. The Balaban J connectivity index is 0.00000576. The second-order valence-electron chi connectivity index (χ2n) is 6.17. The Morgan fingerprint density at radius 2 is 1.92 bits per heavy atom. The molecule has 0 aliphatic heterocycles. The number of benzene rings is 1. The van der Waals surface area contributed by atoms with Crippen LogP contribution in [0.3, 0.4) is 0 Å². The molecule has 144 valence electrons. The van der Waals surface area contributed by atoms with E-state index in [2.05, 4.69) is 29.5 Å². The van der Waals surface area contributed by atoms with E-state index in [-0.39, 0.29) is 24.0 Å². The summed E-state index contributed by atoms with van der Waals surface area (Å²) in [5.74, 6) is 2.04. The highest BCUT2D eigenvalue weighted by atomic mass is 127. The average molecular weight is 479 g/mol. The average Bonchev–Trinajstić information content (AvgIpc) is 2.58. The first-order chi connectivity index (χ1) is 11.7. The molecule has 0 fully saturated rings. The summed E-state index contributed by atoms with van der Waals surface area (Å²) in [5, 5.41) is 6.67. The summed E-state index contributed by atoms with van der Waals surface area (Å²) in [6, 6.07) is 10.4. The number of nitrogens with one attached hydrogen (secondary N) is 2. The number of hydrogen-bond donors (Lipinski definition) is 2. The van der Waals surface area contributed by atoms with Crippen LogP contribution in [0.25, 0.3) is 0 Å². The lowest BCUT2D eigenvalue weighted by atomic mass is 10.1. The SMILES string of the molecule is CCCCCCC(C)NC(=NC)NCCS(=O)Cc1ccccc1.I. The first-order valence-electron chi connectivity index (χ1n) is 9.01. The Morgan fingerprint density at radius 1 is 1.20 bits per heavy atom. The maximum atomic E-state index is 12.1. The molecule has 25 heavy (non-hydrogen) atoms. The monoisotopic (exact) mass is 479 g/mol. The largest absolute Gasteiger partial charge is 0.355 e. The standard InChI is InChI=1S/C19H33N3OS.HI/c1-4-5-6-8-11-17(2)22-19(20-3)21-14-15-24(23)16-18-12-9-7-10-13-18;/h7,9-10,12-13,17H,4-6,8,11,14-16H2,1-3H3,(H2,20,21,22);1H. The van der Waals surface area contributed by atoms with Crippen LogP contribution >= 0.6 is 24.0 Å². The van der Waals surface area contributed by atoms with Gasteiger partial charge in [0.1, 0.15) is 0 Å². The van der Waals surface area contributed by atoms with E-state index in [1.807, 2.05) is 30.3 Å². The lowest BCUT2D eigenvalue weighted by molar-refractivity contribution is 0.538. The van der Waals surface area contributed by atoms with E-state index in [9.17, 15) is 4.21 Å². The van der Waals surface area contributed by atoms with Gasteiger partial charge in [0.25, 0.3) is 0 Å². The van der Waals surface area contributed by atoms with Gasteiger partial charge in [0.2, 0.25) is 0 Å². The summed E-state index contributed by atoms with van der Waals surface area (Å²) >= 11 is 0. The predicted octanol–water partition coefficient (Wildman–Crippen LogP) is 4.08. The molecule has 2 atom stereocenters. The minimum atomic E-state index is -0.855. The van der Waals surface area contributed by atoms with Crippen molar-refractivity contribution in [3.63, 3.8) is 0 Å². The fraction of sp³-hybridized carbons (Fsp3) is 0.632. The first-order valence-corrected chi connectivity index (χ1v) is 10.5. The maximum Gasteiger partial charge on any atom is 0.191 e. The molecular formula is C19H34IN3OS. The fourth-order valence-electron chi connectivity index (χ4n) is 2.49. The highest BCUT2D eigenvalue weighted by Crippen LogP contribution is 2.05. The summed E-state index contributed by atoms with van der Waals surface area (Å²) < 4.78 is 12.1.